The highest BCUT2D eigenvalue weighted by molar-refractivity contribution is 6.00. The van der Waals surface area contributed by atoms with Gasteiger partial charge in [0.15, 0.2) is 0 Å². The number of fused-ring (bicyclic) bond motifs is 1. The first-order valence-corrected chi connectivity index (χ1v) is 7.76. The van der Waals surface area contributed by atoms with Crippen LogP contribution in [0.25, 0.3) is 0 Å². The maximum Gasteiger partial charge on any atom is 0.245 e. The molecule has 0 bridgehead atoms. The molecule has 2 aliphatic rings. The van der Waals surface area contributed by atoms with Crippen LogP contribution in [0.2, 0.25) is 0 Å². The van der Waals surface area contributed by atoms with Crippen molar-refractivity contribution in [3.63, 3.8) is 0 Å². The summed E-state index contributed by atoms with van der Waals surface area (Å²) >= 11 is 0. The highest BCUT2D eigenvalue weighted by Crippen LogP contribution is 2.57. The Morgan fingerprint density at radius 1 is 1.39 bits per heavy atom. The molecule has 1 amide bonds. The van der Waals surface area contributed by atoms with Gasteiger partial charge in [0.2, 0.25) is 5.91 Å². The summed E-state index contributed by atoms with van der Waals surface area (Å²) in [7, 11) is 0. The Morgan fingerprint density at radius 2 is 2.09 bits per heavy atom. The first kappa shape index (κ1) is 18.2. The molecule has 3 rings (SSSR count). The smallest absolute Gasteiger partial charge is 0.245 e. The Labute approximate surface area is 142 Å². The van der Waals surface area contributed by atoms with Gasteiger partial charge >= 0.3 is 0 Å². The predicted molar refractivity (Wildman–Crippen MR) is 90.2 cm³/mol. The number of nitrogens with one attached hydrogen (secondary N) is 1. The van der Waals surface area contributed by atoms with Gasteiger partial charge in [0.25, 0.3) is 0 Å². The molecule has 128 valence electrons. The zero-order chi connectivity index (χ0) is 16.1. The van der Waals surface area contributed by atoms with Gasteiger partial charge in [-0.05, 0) is 43.5 Å². The van der Waals surface area contributed by atoms with Crippen LogP contribution in [-0.4, -0.2) is 24.2 Å². The van der Waals surface area contributed by atoms with E-state index in [0.717, 1.165) is 25.0 Å². The number of hydrogen-bond acceptors (Lipinski definition) is 3. The lowest BCUT2D eigenvalue weighted by molar-refractivity contribution is -0.222. The van der Waals surface area contributed by atoms with E-state index in [-0.39, 0.29) is 36.2 Å². The van der Waals surface area contributed by atoms with Crippen molar-refractivity contribution >= 4 is 24.0 Å². The monoisotopic (exact) mass is 342 g/mol. The van der Waals surface area contributed by atoms with Crippen LogP contribution in [-0.2, 0) is 9.53 Å². The van der Waals surface area contributed by atoms with Crippen LogP contribution >= 0.6 is 12.4 Å². The van der Waals surface area contributed by atoms with Gasteiger partial charge in [0.05, 0.1) is 6.10 Å². The Kier molecular flexibility index (Phi) is 4.77. The summed E-state index contributed by atoms with van der Waals surface area (Å²) in [6, 6.07) is 4.48. The molecule has 2 fully saturated rings. The standard InChI is InChI=1S/C17H23FN2O2.ClH/c1-10-7-11(18)9-12(8-10)20-15(21)17(19)13-5-4-6-22-14(13)16(17,2)3;/h7-9,13-14H,4-6,19H2,1-3H3,(H,20,21);1H. The van der Waals surface area contributed by atoms with Crippen molar-refractivity contribution in [3.05, 3.63) is 29.6 Å². The average molecular weight is 343 g/mol. The SMILES string of the molecule is Cc1cc(F)cc(NC(=O)C2(N)C3CCCOC3C2(C)C)c1.Cl. The predicted octanol–water partition coefficient (Wildman–Crippen LogP) is 3.03. The van der Waals surface area contributed by atoms with Crippen molar-refractivity contribution in [2.75, 3.05) is 11.9 Å². The van der Waals surface area contributed by atoms with Crippen molar-refractivity contribution in [1.82, 2.24) is 0 Å². The van der Waals surface area contributed by atoms with Crippen LogP contribution in [0.1, 0.15) is 32.3 Å². The van der Waals surface area contributed by atoms with Crippen LogP contribution in [0.5, 0.6) is 0 Å². The number of amides is 1. The number of rotatable bonds is 2. The lowest BCUT2D eigenvalue weighted by atomic mass is 9.46. The van der Waals surface area contributed by atoms with Crippen LogP contribution in [0.4, 0.5) is 10.1 Å². The van der Waals surface area contributed by atoms with Gasteiger partial charge in [0, 0.05) is 23.6 Å². The summed E-state index contributed by atoms with van der Waals surface area (Å²) in [5, 5.41) is 2.80. The van der Waals surface area contributed by atoms with Crippen LogP contribution in [0.3, 0.4) is 0 Å². The quantitative estimate of drug-likeness (QED) is 0.868. The second-order valence-corrected chi connectivity index (χ2v) is 7.10. The highest BCUT2D eigenvalue weighted by atomic mass is 35.5. The second-order valence-electron chi connectivity index (χ2n) is 7.10. The Hall–Kier alpha value is -1.17. The fraction of sp³-hybridized carbons (Fsp3) is 0.588. The van der Waals surface area contributed by atoms with E-state index in [0.29, 0.717) is 5.69 Å². The molecule has 1 aliphatic heterocycles. The molecule has 3 atom stereocenters. The molecule has 1 aromatic carbocycles. The number of carbonyl (C=O) groups is 1. The molecule has 3 N–H and O–H groups in total. The van der Waals surface area contributed by atoms with Gasteiger partial charge in [-0.2, -0.15) is 0 Å². The summed E-state index contributed by atoms with van der Waals surface area (Å²) in [6.07, 6.45) is 1.83. The molecule has 4 nitrogen and oxygen atoms in total. The molecule has 1 saturated carbocycles. The Bertz CT molecular complexity index is 602. The number of halogens is 2. The first-order chi connectivity index (χ1) is 10.3. The topological polar surface area (TPSA) is 64.4 Å². The molecule has 23 heavy (non-hydrogen) atoms. The van der Waals surface area contributed by atoms with E-state index < -0.39 is 11.0 Å². The van der Waals surface area contributed by atoms with Gasteiger partial charge in [-0.15, -0.1) is 12.4 Å². The summed E-state index contributed by atoms with van der Waals surface area (Å²) < 4.78 is 19.3. The number of benzene rings is 1. The third-order valence-electron chi connectivity index (χ3n) is 5.36. The number of carbonyl (C=O) groups excluding carboxylic acids is 1. The van der Waals surface area contributed by atoms with Crippen LogP contribution in [0, 0.1) is 24.1 Å². The van der Waals surface area contributed by atoms with Crippen molar-refractivity contribution in [2.45, 2.75) is 45.3 Å². The van der Waals surface area contributed by atoms with Crippen LogP contribution < -0.4 is 11.1 Å². The lowest BCUT2D eigenvalue weighted by Gasteiger charge is -2.65. The van der Waals surface area contributed by atoms with Gasteiger partial charge in [-0.1, -0.05) is 13.8 Å². The van der Waals surface area contributed by atoms with Crippen molar-refractivity contribution in [1.29, 1.82) is 0 Å². The largest absolute Gasteiger partial charge is 0.377 e. The Balaban J connectivity index is 0.00000192. The minimum Gasteiger partial charge on any atom is -0.377 e. The summed E-state index contributed by atoms with van der Waals surface area (Å²) in [5.41, 5.74) is 6.29. The number of hydrogen-bond donors (Lipinski definition) is 2. The molecule has 0 radical (unpaired) electrons. The van der Waals surface area contributed by atoms with Gasteiger partial charge in [-0.3, -0.25) is 4.79 Å². The minimum absolute atomic E-state index is 0. The molecule has 6 heteroatoms. The summed E-state index contributed by atoms with van der Waals surface area (Å²) in [4.78, 5) is 12.8. The van der Waals surface area contributed by atoms with E-state index in [1.807, 2.05) is 13.8 Å². The zero-order valence-electron chi connectivity index (χ0n) is 13.7. The number of aryl methyl sites for hydroxylation is 1. The normalized spacial score (nSPS) is 31.3. The summed E-state index contributed by atoms with van der Waals surface area (Å²) in [5.74, 6) is -0.603. The molecule has 0 aromatic heterocycles. The molecule has 1 heterocycles. The van der Waals surface area contributed by atoms with Gasteiger partial charge < -0.3 is 15.8 Å². The molecule has 1 saturated heterocycles. The maximum absolute atomic E-state index is 13.5. The Morgan fingerprint density at radius 3 is 2.74 bits per heavy atom. The van der Waals surface area contributed by atoms with Crippen molar-refractivity contribution < 1.29 is 13.9 Å². The van der Waals surface area contributed by atoms with Gasteiger partial charge in [-0.25, -0.2) is 4.39 Å². The van der Waals surface area contributed by atoms with Crippen molar-refractivity contribution in [2.24, 2.45) is 17.1 Å². The summed E-state index contributed by atoms with van der Waals surface area (Å²) in [6.45, 7) is 6.45. The number of nitrogens with two attached hydrogens (primary N) is 1. The van der Waals surface area contributed by atoms with E-state index in [2.05, 4.69) is 5.32 Å². The molecule has 1 aliphatic carbocycles. The van der Waals surface area contributed by atoms with Gasteiger partial charge in [0.1, 0.15) is 11.4 Å². The number of ether oxygens (including phenoxy) is 1. The lowest BCUT2D eigenvalue weighted by Crippen LogP contribution is -2.81. The third kappa shape index (κ3) is 2.65. The van der Waals surface area contributed by atoms with E-state index in [9.17, 15) is 9.18 Å². The number of anilines is 1. The minimum atomic E-state index is -0.988. The fourth-order valence-electron chi connectivity index (χ4n) is 4.08. The molecule has 1 aromatic rings. The van der Waals surface area contributed by atoms with Crippen LogP contribution in [0.15, 0.2) is 18.2 Å². The highest BCUT2D eigenvalue weighted by Gasteiger charge is 2.70. The average Bonchev–Trinajstić information content (AvgIpc) is 2.45. The van der Waals surface area contributed by atoms with E-state index in [1.54, 1.807) is 13.0 Å². The second kappa shape index (κ2) is 6.04. The maximum atomic E-state index is 13.5. The molecular weight excluding hydrogens is 319 g/mol. The molecule has 0 spiro atoms. The van der Waals surface area contributed by atoms with E-state index in [4.69, 9.17) is 10.5 Å². The van der Waals surface area contributed by atoms with E-state index >= 15 is 0 Å². The molecule has 3 unspecified atom stereocenters. The van der Waals surface area contributed by atoms with E-state index in [1.165, 1.54) is 12.1 Å². The van der Waals surface area contributed by atoms with Crippen molar-refractivity contribution in [3.8, 4) is 0 Å². The molecular formula is C17H24ClFN2O2. The zero-order valence-corrected chi connectivity index (χ0v) is 14.5. The first-order valence-electron chi connectivity index (χ1n) is 7.76. The fourth-order valence-corrected chi connectivity index (χ4v) is 4.08. The third-order valence-corrected chi connectivity index (χ3v) is 5.36.